The lowest BCUT2D eigenvalue weighted by molar-refractivity contribution is 0.0950. The normalized spacial score (nSPS) is 11.2. The number of para-hydroxylation sites is 1. The third-order valence-electron chi connectivity index (χ3n) is 4.82. The van der Waals surface area contributed by atoms with Crippen LogP contribution in [0, 0.1) is 12.7 Å². The van der Waals surface area contributed by atoms with Crippen LogP contribution in [0.1, 0.15) is 21.7 Å². The molecule has 0 aliphatic heterocycles. The summed E-state index contributed by atoms with van der Waals surface area (Å²) in [5, 5.41) is 4.70. The van der Waals surface area contributed by atoms with E-state index in [0.29, 0.717) is 29.9 Å². The van der Waals surface area contributed by atoms with Crippen molar-refractivity contribution in [2.24, 2.45) is 0 Å². The number of halogens is 1. The van der Waals surface area contributed by atoms with Crippen LogP contribution in [0.15, 0.2) is 42.5 Å². The molecule has 27 heavy (non-hydrogen) atoms. The first kappa shape index (κ1) is 17.1. The van der Waals surface area contributed by atoms with Crippen LogP contribution in [0.5, 0.6) is 5.75 Å². The van der Waals surface area contributed by atoms with Crippen LogP contribution in [-0.4, -0.2) is 29.5 Å². The minimum absolute atomic E-state index is 0.160. The van der Waals surface area contributed by atoms with Crippen LogP contribution < -0.4 is 10.1 Å². The molecule has 2 aromatic heterocycles. The van der Waals surface area contributed by atoms with Crippen LogP contribution in [0.25, 0.3) is 21.8 Å². The molecule has 0 saturated heterocycles. The summed E-state index contributed by atoms with van der Waals surface area (Å²) >= 11 is 0. The fourth-order valence-electron chi connectivity index (χ4n) is 3.44. The summed E-state index contributed by atoms with van der Waals surface area (Å²) < 4.78 is 19.4. The minimum atomic E-state index is -0.346. The Kier molecular flexibility index (Phi) is 4.32. The maximum absolute atomic E-state index is 14.2. The number of aromatic nitrogens is 2. The van der Waals surface area contributed by atoms with Gasteiger partial charge in [-0.3, -0.25) is 4.79 Å². The Balaban J connectivity index is 1.51. The number of hydrogen-bond acceptors (Lipinski definition) is 2. The van der Waals surface area contributed by atoms with E-state index in [1.54, 1.807) is 0 Å². The number of aromatic amines is 2. The lowest BCUT2D eigenvalue weighted by Crippen LogP contribution is -2.26. The molecule has 2 aromatic carbocycles. The number of benzene rings is 2. The van der Waals surface area contributed by atoms with Crippen molar-refractivity contribution in [3.8, 4) is 5.75 Å². The standard InChI is InChI=1S/C21H20FN3O2/c1-12-15(16-10-14(27-2)11-17(22)20(16)24-12)7-8-23-21(26)19-9-13-5-3-4-6-18(13)25-19/h3-6,9-11,24-25H,7-8H2,1-2H3,(H,23,26). The molecule has 138 valence electrons. The highest BCUT2D eigenvalue weighted by molar-refractivity contribution is 5.98. The number of rotatable bonds is 5. The van der Waals surface area contributed by atoms with Gasteiger partial charge >= 0.3 is 0 Å². The number of aryl methyl sites for hydroxylation is 1. The summed E-state index contributed by atoms with van der Waals surface area (Å²) in [6.07, 6.45) is 0.588. The van der Waals surface area contributed by atoms with Crippen LogP contribution in [-0.2, 0) is 6.42 Å². The van der Waals surface area contributed by atoms with E-state index in [0.717, 1.165) is 27.5 Å². The Hall–Kier alpha value is -3.28. The Labute approximate surface area is 155 Å². The molecule has 6 heteroatoms. The van der Waals surface area contributed by atoms with E-state index in [-0.39, 0.29) is 11.7 Å². The third kappa shape index (κ3) is 3.14. The number of hydrogen-bond donors (Lipinski definition) is 3. The van der Waals surface area contributed by atoms with Crippen molar-refractivity contribution in [2.75, 3.05) is 13.7 Å². The molecule has 3 N–H and O–H groups in total. The molecule has 0 radical (unpaired) electrons. The van der Waals surface area contributed by atoms with Gasteiger partial charge in [0.1, 0.15) is 11.4 Å². The first-order chi connectivity index (χ1) is 13.1. The first-order valence-electron chi connectivity index (χ1n) is 8.77. The first-order valence-corrected chi connectivity index (χ1v) is 8.77. The predicted molar refractivity (Wildman–Crippen MR) is 104 cm³/mol. The Morgan fingerprint density at radius 2 is 2.00 bits per heavy atom. The molecule has 1 amide bonds. The van der Waals surface area contributed by atoms with Crippen LogP contribution in [0.4, 0.5) is 4.39 Å². The molecule has 0 aliphatic rings. The van der Waals surface area contributed by atoms with E-state index < -0.39 is 0 Å². The molecule has 0 saturated carbocycles. The lowest BCUT2D eigenvalue weighted by Gasteiger charge is -2.06. The van der Waals surface area contributed by atoms with Crippen molar-refractivity contribution < 1.29 is 13.9 Å². The van der Waals surface area contributed by atoms with Gasteiger partial charge < -0.3 is 20.0 Å². The maximum atomic E-state index is 14.2. The molecule has 2 heterocycles. The Morgan fingerprint density at radius 3 is 2.78 bits per heavy atom. The fraction of sp³-hybridized carbons (Fsp3) is 0.190. The smallest absolute Gasteiger partial charge is 0.267 e. The van der Waals surface area contributed by atoms with E-state index in [9.17, 15) is 9.18 Å². The van der Waals surface area contributed by atoms with Gasteiger partial charge in [0.25, 0.3) is 5.91 Å². The predicted octanol–water partition coefficient (Wildman–Crippen LogP) is 4.08. The molecule has 0 fully saturated rings. The van der Waals surface area contributed by atoms with Crippen molar-refractivity contribution in [1.82, 2.24) is 15.3 Å². The monoisotopic (exact) mass is 365 g/mol. The third-order valence-corrected chi connectivity index (χ3v) is 4.82. The highest BCUT2D eigenvalue weighted by atomic mass is 19.1. The zero-order valence-corrected chi connectivity index (χ0v) is 15.2. The number of carbonyl (C=O) groups excluding carboxylic acids is 1. The summed E-state index contributed by atoms with van der Waals surface area (Å²) in [6, 6.07) is 12.8. The molecule has 0 aliphatic carbocycles. The topological polar surface area (TPSA) is 69.9 Å². The largest absolute Gasteiger partial charge is 0.497 e. The second-order valence-electron chi connectivity index (χ2n) is 6.54. The van der Waals surface area contributed by atoms with Crippen molar-refractivity contribution in [3.63, 3.8) is 0 Å². The fourth-order valence-corrected chi connectivity index (χ4v) is 3.44. The molecule has 0 atom stereocenters. The number of carbonyl (C=O) groups is 1. The summed E-state index contributed by atoms with van der Waals surface area (Å²) in [5.41, 5.74) is 3.78. The van der Waals surface area contributed by atoms with Crippen LogP contribution in [0.2, 0.25) is 0 Å². The molecule has 0 spiro atoms. The molecule has 4 rings (SSSR count). The SMILES string of the molecule is COc1cc(F)c2[nH]c(C)c(CCNC(=O)c3cc4ccccc4[nH]3)c2c1. The van der Waals surface area contributed by atoms with E-state index in [1.807, 2.05) is 43.3 Å². The second kappa shape index (κ2) is 6.79. The van der Waals surface area contributed by atoms with Gasteiger partial charge in [0.15, 0.2) is 5.82 Å². The number of H-pyrrole nitrogens is 2. The van der Waals surface area contributed by atoms with Gasteiger partial charge in [-0.25, -0.2) is 4.39 Å². The van der Waals surface area contributed by atoms with Gasteiger partial charge in [0.05, 0.1) is 12.6 Å². The zero-order valence-electron chi connectivity index (χ0n) is 15.2. The molecule has 0 unspecified atom stereocenters. The number of nitrogens with one attached hydrogen (secondary N) is 3. The van der Waals surface area contributed by atoms with Gasteiger partial charge in [-0.1, -0.05) is 18.2 Å². The van der Waals surface area contributed by atoms with Gasteiger partial charge in [-0.15, -0.1) is 0 Å². The van der Waals surface area contributed by atoms with Gasteiger partial charge in [0.2, 0.25) is 0 Å². The summed E-state index contributed by atoms with van der Waals surface area (Å²) in [6.45, 7) is 2.35. The van der Waals surface area contributed by atoms with Crippen LogP contribution >= 0.6 is 0 Å². The number of methoxy groups -OCH3 is 1. The van der Waals surface area contributed by atoms with Crippen molar-refractivity contribution >= 4 is 27.7 Å². The zero-order chi connectivity index (χ0) is 19.0. The van der Waals surface area contributed by atoms with Crippen molar-refractivity contribution in [2.45, 2.75) is 13.3 Å². The quantitative estimate of drug-likeness (QED) is 0.499. The number of amides is 1. The minimum Gasteiger partial charge on any atom is -0.497 e. The number of fused-ring (bicyclic) bond motifs is 2. The van der Waals surface area contributed by atoms with Gasteiger partial charge in [0, 0.05) is 34.6 Å². The molecule has 4 aromatic rings. The van der Waals surface area contributed by atoms with Crippen molar-refractivity contribution in [3.05, 3.63) is 65.2 Å². The molecular formula is C21H20FN3O2. The van der Waals surface area contributed by atoms with E-state index in [4.69, 9.17) is 4.74 Å². The van der Waals surface area contributed by atoms with Gasteiger partial charge in [-0.05, 0) is 37.1 Å². The highest BCUT2D eigenvalue weighted by Crippen LogP contribution is 2.29. The number of ether oxygens (including phenoxy) is 1. The van der Waals surface area contributed by atoms with Crippen molar-refractivity contribution in [1.29, 1.82) is 0 Å². The summed E-state index contributed by atoms with van der Waals surface area (Å²) in [5.74, 6) is -0.0318. The average molecular weight is 365 g/mol. The van der Waals surface area contributed by atoms with E-state index >= 15 is 0 Å². The Bertz CT molecular complexity index is 1110. The summed E-state index contributed by atoms with van der Waals surface area (Å²) in [7, 11) is 1.51. The molecular weight excluding hydrogens is 345 g/mol. The van der Waals surface area contributed by atoms with E-state index in [2.05, 4.69) is 15.3 Å². The van der Waals surface area contributed by atoms with Crippen LogP contribution in [0.3, 0.4) is 0 Å². The highest BCUT2D eigenvalue weighted by Gasteiger charge is 2.14. The average Bonchev–Trinajstić information content (AvgIpc) is 3.23. The molecule has 0 bridgehead atoms. The van der Waals surface area contributed by atoms with E-state index in [1.165, 1.54) is 13.2 Å². The lowest BCUT2D eigenvalue weighted by atomic mass is 10.1. The summed E-state index contributed by atoms with van der Waals surface area (Å²) in [4.78, 5) is 18.6. The second-order valence-corrected chi connectivity index (χ2v) is 6.54. The maximum Gasteiger partial charge on any atom is 0.267 e. The van der Waals surface area contributed by atoms with Gasteiger partial charge in [-0.2, -0.15) is 0 Å². The Morgan fingerprint density at radius 1 is 1.19 bits per heavy atom. The molecule has 5 nitrogen and oxygen atoms in total.